The zero-order chi connectivity index (χ0) is 76.8. The van der Waals surface area contributed by atoms with Crippen LogP contribution in [0.4, 0.5) is 5.69 Å². The zero-order valence-electron chi connectivity index (χ0n) is 61.0. The Morgan fingerprint density at radius 1 is 0.468 bits per heavy atom. The smallest absolute Gasteiger partial charge is 0.171 e. The molecule has 2 atom stereocenters. The third-order valence-corrected chi connectivity index (χ3v) is 16.7. The third kappa shape index (κ3) is 25.2. The molecule has 17 rings (SSSR count). The van der Waals surface area contributed by atoms with Crippen LogP contribution in [0.1, 0.15) is 104 Å². The number of benzene rings is 7. The van der Waals surface area contributed by atoms with E-state index in [1.807, 2.05) is 243 Å². The topological polar surface area (TPSA) is 369 Å². The van der Waals surface area contributed by atoms with Crippen molar-refractivity contribution in [2.75, 3.05) is 14.1 Å². The molecule has 31 heteroatoms. The average Bonchev–Trinajstić information content (AvgIpc) is 1.34. The summed E-state index contributed by atoms with van der Waals surface area (Å²) < 4.78 is 9.82. The number of aliphatic hydroxyl groups is 3. The van der Waals surface area contributed by atoms with Crippen LogP contribution in [0.5, 0.6) is 0 Å². The third-order valence-electron chi connectivity index (χ3n) is 16.7. The van der Waals surface area contributed by atoms with Crippen molar-refractivity contribution in [1.29, 1.82) is 0 Å². The quantitative estimate of drug-likeness (QED) is 0.0302. The zero-order valence-corrected chi connectivity index (χ0v) is 63.8. The maximum absolute atomic E-state index is 10.3. The number of rotatable bonds is 16. The van der Waals surface area contributed by atoms with Gasteiger partial charge in [0.05, 0.1) is 120 Å². The number of carbonyl (C=O) groups excluding carboxylic acids is 2. The standard InChI is InChI=1S/C19H21N5.C10H14N2.2C9H9N3O.2C9H7N3O.C9H9N3O.C6H5N3.Y/c1-23(18-11-5-7-15-8-6-12-20-19(15)18)13-16-14-24(22-21-16)17-9-3-2-4-10-17;1-11-9-6-2-4-8-5-3-7-12-10(8)9;4*13-7-8-6-12(11-10-8)9-4-2-1-3-5-9;13-7-9-6-10-11-12(9)8-4-2-1-3-5-8;7-9-8-6-4-2-1-3-5-6;/h2-4,6,8-10,12,14,18H,5,7,11,13H2,1H3;3,5,7,9,11H,2,4,6H2,1H3;2*1-6,13H,7H2;2*1-7H;1-6,13H,7H2;1-5H;. The van der Waals surface area contributed by atoms with Crippen LogP contribution in [-0.4, -0.2) is 147 Å². The van der Waals surface area contributed by atoms with Gasteiger partial charge in [0.1, 0.15) is 22.8 Å². The second-order valence-electron chi connectivity index (χ2n) is 24.2. The monoisotopic (exact) mass is 1560 g/mol. The Morgan fingerprint density at radius 3 is 1.24 bits per heavy atom. The Bertz CT molecular complexity index is 5030. The number of aldehydes is 2. The summed E-state index contributed by atoms with van der Waals surface area (Å²) >= 11 is 0. The van der Waals surface area contributed by atoms with Crippen LogP contribution < -0.4 is 5.32 Å². The predicted molar refractivity (Wildman–Crippen MR) is 412 cm³/mol. The van der Waals surface area contributed by atoms with Crippen LogP contribution in [0.15, 0.2) is 291 Å². The summed E-state index contributed by atoms with van der Waals surface area (Å²) in [6.07, 6.45) is 22.5. The van der Waals surface area contributed by atoms with E-state index < -0.39 is 0 Å². The largest absolute Gasteiger partial charge is 0.390 e. The average molecular weight is 1560 g/mol. The van der Waals surface area contributed by atoms with Gasteiger partial charge in [-0.25, -0.2) is 28.1 Å². The van der Waals surface area contributed by atoms with Gasteiger partial charge in [-0.3, -0.25) is 24.5 Å². The van der Waals surface area contributed by atoms with Gasteiger partial charge < -0.3 is 20.6 Å². The Kier molecular flexibility index (Phi) is 33.5. The van der Waals surface area contributed by atoms with Gasteiger partial charge in [0.15, 0.2) is 12.6 Å². The molecule has 0 fully saturated rings. The fraction of sp³-hybridized carbons (Fsp3) is 0.175. The fourth-order valence-corrected chi connectivity index (χ4v) is 11.3. The van der Waals surface area contributed by atoms with Gasteiger partial charge in [0.25, 0.3) is 0 Å². The van der Waals surface area contributed by atoms with E-state index in [0.717, 1.165) is 59.2 Å². The number of pyridine rings is 2. The molecular formula is C80H81N25O5Y. The molecule has 8 aromatic heterocycles. The van der Waals surface area contributed by atoms with Crippen LogP contribution in [0.3, 0.4) is 0 Å². The molecular weight excluding hydrogens is 1480 g/mol. The van der Waals surface area contributed by atoms with Crippen LogP contribution in [0.25, 0.3) is 44.6 Å². The van der Waals surface area contributed by atoms with Gasteiger partial charge >= 0.3 is 0 Å². The predicted octanol–water partition coefficient (Wildman–Crippen LogP) is 11.9. The molecule has 0 bridgehead atoms. The Morgan fingerprint density at radius 2 is 0.847 bits per heavy atom. The summed E-state index contributed by atoms with van der Waals surface area (Å²) in [5.74, 6) is 0. The number of aromatic nitrogens is 20. The molecule has 2 unspecified atom stereocenters. The number of fused-ring (bicyclic) bond motifs is 2. The van der Waals surface area contributed by atoms with Crippen molar-refractivity contribution in [3.63, 3.8) is 0 Å². The van der Waals surface area contributed by atoms with Gasteiger partial charge in [-0.1, -0.05) is 188 Å². The first kappa shape index (κ1) is 82.3. The summed E-state index contributed by atoms with van der Waals surface area (Å²) in [7, 11) is 4.16. The molecule has 30 nitrogen and oxygen atoms in total. The van der Waals surface area contributed by atoms with E-state index >= 15 is 0 Å². The van der Waals surface area contributed by atoms with E-state index in [-0.39, 0.29) is 52.5 Å². The molecule has 7 aromatic carbocycles. The first-order chi connectivity index (χ1) is 54.2. The van der Waals surface area contributed by atoms with Crippen LogP contribution in [0, 0.1) is 0 Å². The number of aryl methyl sites for hydroxylation is 2. The molecule has 15 aromatic rings. The number of nitrogens with one attached hydrogen (secondary N) is 1. The van der Waals surface area contributed by atoms with E-state index in [1.165, 1.54) is 48.2 Å². The van der Waals surface area contributed by atoms with E-state index in [4.69, 9.17) is 20.9 Å². The molecule has 111 heavy (non-hydrogen) atoms. The van der Waals surface area contributed by atoms with E-state index in [2.05, 4.69) is 111 Å². The molecule has 2 aliphatic carbocycles. The molecule has 0 saturated heterocycles. The molecule has 559 valence electrons. The number of hydrogen-bond donors (Lipinski definition) is 4. The van der Waals surface area contributed by atoms with Crippen LogP contribution in [0.2, 0.25) is 0 Å². The fourth-order valence-electron chi connectivity index (χ4n) is 11.3. The van der Waals surface area contributed by atoms with Crippen LogP contribution in [-0.2, 0) is 71.9 Å². The molecule has 0 spiro atoms. The number of para-hydroxylation sites is 6. The van der Waals surface area contributed by atoms with E-state index in [0.29, 0.717) is 58.8 Å². The molecule has 0 saturated carbocycles. The van der Waals surface area contributed by atoms with Crippen molar-refractivity contribution in [2.24, 2.45) is 5.11 Å². The minimum absolute atomic E-state index is 0. The van der Waals surface area contributed by atoms with Gasteiger partial charge in [-0.2, -0.15) is 0 Å². The summed E-state index contributed by atoms with van der Waals surface area (Å²) in [5, 5.41) is 79.6. The van der Waals surface area contributed by atoms with Gasteiger partial charge in [0, 0.05) is 68.3 Å². The number of azide groups is 1. The number of carbonyl (C=O) groups is 2. The van der Waals surface area contributed by atoms with Gasteiger partial charge in [0.2, 0.25) is 0 Å². The Balaban J connectivity index is 0.000000148. The maximum Gasteiger partial charge on any atom is 0.171 e. The molecule has 1 radical (unpaired) electrons. The number of nitrogens with zero attached hydrogens (tertiary/aromatic N) is 24. The van der Waals surface area contributed by atoms with Crippen molar-refractivity contribution < 1.29 is 57.6 Å². The molecule has 4 N–H and O–H groups in total. The number of aliphatic hydroxyl groups excluding tert-OH is 3. The van der Waals surface area contributed by atoms with Crippen molar-refractivity contribution in [3.8, 4) is 34.1 Å². The summed E-state index contributed by atoms with van der Waals surface area (Å²) in [6, 6.07) is 76.3. The van der Waals surface area contributed by atoms with Crippen molar-refractivity contribution in [2.45, 2.75) is 77.0 Å². The normalized spacial score (nSPS) is 12.6. The van der Waals surface area contributed by atoms with Gasteiger partial charge in [-0.05, 0) is 154 Å². The molecule has 8 heterocycles. The van der Waals surface area contributed by atoms with Gasteiger partial charge in [-0.15, -0.1) is 30.6 Å². The summed E-state index contributed by atoms with van der Waals surface area (Å²) in [4.78, 5) is 34.7. The summed E-state index contributed by atoms with van der Waals surface area (Å²) in [5.41, 5.74) is 23.0. The first-order valence-corrected chi connectivity index (χ1v) is 35.1. The van der Waals surface area contributed by atoms with E-state index in [9.17, 15) is 9.59 Å². The Labute approximate surface area is 665 Å². The van der Waals surface area contributed by atoms with Crippen molar-refractivity contribution in [3.05, 3.63) is 353 Å². The first-order valence-electron chi connectivity index (χ1n) is 35.1. The minimum atomic E-state index is -0.0766. The Hall–Kier alpha value is -12.8. The SMILES string of the molecule is CN(Cc1cn(-c2ccccc2)nn1)C1CCCc2cccnc21.CNC1CCCc2cccnc21.O=Cc1cn(-c2ccccc2)nn1.O=Cc1cn(-c2ccccc2)nn1.OCc1cn(-c2ccccc2)nn1.OCc1cn(-c2ccccc2)nn1.OCc1cnnn1-c1ccccc1.[N-]=[N+]=Nc1ccccc1.[Y]. The minimum Gasteiger partial charge on any atom is -0.390 e. The summed E-state index contributed by atoms with van der Waals surface area (Å²) in [6.45, 7) is 0.565. The van der Waals surface area contributed by atoms with E-state index in [1.54, 1.807) is 66.5 Å². The second kappa shape index (κ2) is 45.1. The van der Waals surface area contributed by atoms with Crippen molar-refractivity contribution >= 4 is 18.3 Å². The molecule has 2 aliphatic rings. The van der Waals surface area contributed by atoms with Crippen LogP contribution >= 0.6 is 0 Å². The molecule has 0 amide bonds. The number of hydrogen-bond acceptors (Lipinski definition) is 22. The molecule has 0 aliphatic heterocycles. The van der Waals surface area contributed by atoms with Crippen molar-refractivity contribution in [1.82, 2.24) is 110 Å². The second-order valence-corrected chi connectivity index (χ2v) is 24.2. The maximum atomic E-state index is 10.3.